The number of benzene rings is 1. The molecule has 1 aromatic rings. The number of nitrogens with one attached hydrogen (secondary N) is 1. The van der Waals surface area contributed by atoms with Crippen LogP contribution in [0.15, 0.2) is 26.0 Å². The van der Waals surface area contributed by atoms with Crippen molar-refractivity contribution in [3.8, 4) is 0 Å². The number of hydrogen-bond acceptors (Lipinski definition) is 4. The smallest absolute Gasteiger partial charge is 0.243 e. The zero-order valence-corrected chi connectivity index (χ0v) is 12.8. The standard InChI is InChI=1S/C9H12Br2N2O3S/c10-6-4-7(11)9(8(12)5-6)17(15,16)13-2-1-3-14/h4-5,13-14H,1-3,12H2. The molecule has 96 valence electrons. The quantitative estimate of drug-likeness (QED) is 0.526. The van der Waals surface area contributed by atoms with Crippen LogP contribution in [0.2, 0.25) is 0 Å². The molecule has 0 bridgehead atoms. The van der Waals surface area contributed by atoms with Crippen molar-refractivity contribution in [3.05, 3.63) is 21.1 Å². The summed E-state index contributed by atoms with van der Waals surface area (Å²) >= 11 is 6.38. The van der Waals surface area contributed by atoms with Crippen molar-refractivity contribution >= 4 is 47.6 Å². The first kappa shape index (κ1) is 14.9. The summed E-state index contributed by atoms with van der Waals surface area (Å²) in [6, 6.07) is 3.13. The molecule has 0 heterocycles. The van der Waals surface area contributed by atoms with Crippen LogP contribution in [-0.4, -0.2) is 26.7 Å². The van der Waals surface area contributed by atoms with Gasteiger partial charge in [0, 0.05) is 22.1 Å². The third-order valence-corrected chi connectivity index (χ3v) is 4.86. The summed E-state index contributed by atoms with van der Waals surface area (Å²) in [6.07, 6.45) is 0.354. The summed E-state index contributed by atoms with van der Waals surface area (Å²) in [5, 5.41) is 8.60. The van der Waals surface area contributed by atoms with Crippen molar-refractivity contribution < 1.29 is 13.5 Å². The molecule has 0 spiro atoms. The van der Waals surface area contributed by atoms with Crippen LogP contribution in [0.1, 0.15) is 6.42 Å². The highest BCUT2D eigenvalue weighted by Gasteiger charge is 2.20. The van der Waals surface area contributed by atoms with Crippen molar-refractivity contribution in [2.75, 3.05) is 18.9 Å². The van der Waals surface area contributed by atoms with E-state index in [0.29, 0.717) is 15.4 Å². The fourth-order valence-corrected chi connectivity index (χ4v) is 4.36. The largest absolute Gasteiger partial charge is 0.398 e. The fraction of sp³-hybridized carbons (Fsp3) is 0.333. The Labute approximate surface area is 117 Å². The van der Waals surface area contributed by atoms with Crippen LogP contribution in [0.25, 0.3) is 0 Å². The molecule has 1 rings (SSSR count). The van der Waals surface area contributed by atoms with E-state index in [-0.39, 0.29) is 23.7 Å². The van der Waals surface area contributed by atoms with Crippen LogP contribution in [0.5, 0.6) is 0 Å². The van der Waals surface area contributed by atoms with E-state index in [9.17, 15) is 8.42 Å². The Bertz CT molecular complexity index is 482. The Balaban J connectivity index is 3.07. The number of halogens is 2. The SMILES string of the molecule is Nc1cc(Br)cc(Br)c1S(=O)(=O)NCCCO. The number of aliphatic hydroxyl groups excluding tert-OH is 1. The lowest BCUT2D eigenvalue weighted by atomic mass is 10.3. The predicted molar refractivity (Wildman–Crippen MR) is 73.1 cm³/mol. The van der Waals surface area contributed by atoms with Crippen LogP contribution < -0.4 is 10.5 Å². The summed E-state index contributed by atoms with van der Waals surface area (Å²) in [5.41, 5.74) is 5.84. The monoisotopic (exact) mass is 386 g/mol. The molecule has 0 aliphatic carbocycles. The Morgan fingerprint density at radius 2 is 2.00 bits per heavy atom. The fourth-order valence-electron chi connectivity index (χ4n) is 1.22. The molecule has 4 N–H and O–H groups in total. The second-order valence-electron chi connectivity index (χ2n) is 3.28. The predicted octanol–water partition coefficient (Wildman–Crippen LogP) is 1.45. The third kappa shape index (κ3) is 3.92. The molecular weight excluding hydrogens is 376 g/mol. The summed E-state index contributed by atoms with van der Waals surface area (Å²) in [5.74, 6) is 0. The number of sulfonamides is 1. The van der Waals surface area contributed by atoms with Crippen LogP contribution in [0.4, 0.5) is 5.69 Å². The summed E-state index contributed by atoms with van der Waals surface area (Å²) in [4.78, 5) is 0.0126. The second-order valence-corrected chi connectivity index (χ2v) is 6.75. The molecule has 0 amide bonds. The molecule has 17 heavy (non-hydrogen) atoms. The van der Waals surface area contributed by atoms with Crippen LogP contribution in [0.3, 0.4) is 0 Å². The first-order valence-electron chi connectivity index (χ1n) is 4.73. The van der Waals surface area contributed by atoms with Gasteiger partial charge in [-0.05, 0) is 34.5 Å². The van der Waals surface area contributed by atoms with Crippen molar-refractivity contribution in [1.29, 1.82) is 0 Å². The first-order valence-corrected chi connectivity index (χ1v) is 7.80. The van der Waals surface area contributed by atoms with Gasteiger partial charge in [-0.2, -0.15) is 0 Å². The maximum Gasteiger partial charge on any atom is 0.243 e. The van der Waals surface area contributed by atoms with E-state index < -0.39 is 10.0 Å². The first-order chi connectivity index (χ1) is 7.88. The van der Waals surface area contributed by atoms with Gasteiger partial charge in [0.2, 0.25) is 10.0 Å². The van der Waals surface area contributed by atoms with Gasteiger partial charge in [-0.25, -0.2) is 13.1 Å². The van der Waals surface area contributed by atoms with E-state index >= 15 is 0 Å². The maximum atomic E-state index is 11.9. The van der Waals surface area contributed by atoms with E-state index in [2.05, 4.69) is 36.6 Å². The minimum atomic E-state index is -3.66. The highest BCUT2D eigenvalue weighted by Crippen LogP contribution is 2.31. The molecule has 0 aliphatic rings. The normalized spacial score (nSPS) is 11.7. The molecule has 0 atom stereocenters. The number of aliphatic hydroxyl groups is 1. The molecule has 0 saturated carbocycles. The highest BCUT2D eigenvalue weighted by molar-refractivity contribution is 9.11. The number of nitrogen functional groups attached to an aromatic ring is 1. The van der Waals surface area contributed by atoms with Gasteiger partial charge in [0.25, 0.3) is 0 Å². The van der Waals surface area contributed by atoms with Gasteiger partial charge in [0.15, 0.2) is 0 Å². The van der Waals surface area contributed by atoms with E-state index in [0.717, 1.165) is 0 Å². The van der Waals surface area contributed by atoms with E-state index in [1.807, 2.05) is 0 Å². The van der Waals surface area contributed by atoms with Gasteiger partial charge < -0.3 is 10.8 Å². The second kappa shape index (κ2) is 6.14. The lowest BCUT2D eigenvalue weighted by Crippen LogP contribution is -2.26. The molecule has 0 radical (unpaired) electrons. The van der Waals surface area contributed by atoms with Gasteiger partial charge in [-0.15, -0.1) is 0 Å². The summed E-state index contributed by atoms with van der Waals surface area (Å²) in [6.45, 7) is 0.0975. The molecule has 5 nitrogen and oxygen atoms in total. The molecule has 0 aromatic heterocycles. The lowest BCUT2D eigenvalue weighted by Gasteiger charge is -2.11. The van der Waals surface area contributed by atoms with Crippen LogP contribution in [-0.2, 0) is 10.0 Å². The van der Waals surface area contributed by atoms with Crippen molar-refractivity contribution in [2.45, 2.75) is 11.3 Å². The van der Waals surface area contributed by atoms with E-state index in [4.69, 9.17) is 10.8 Å². The van der Waals surface area contributed by atoms with Crippen LogP contribution >= 0.6 is 31.9 Å². The maximum absolute atomic E-state index is 11.9. The molecule has 0 saturated heterocycles. The summed E-state index contributed by atoms with van der Waals surface area (Å²) < 4.78 is 27.3. The molecular formula is C9H12Br2N2O3S. The lowest BCUT2D eigenvalue weighted by molar-refractivity contribution is 0.289. The highest BCUT2D eigenvalue weighted by atomic mass is 79.9. The van der Waals surface area contributed by atoms with Gasteiger partial charge >= 0.3 is 0 Å². The molecule has 0 fully saturated rings. The van der Waals surface area contributed by atoms with E-state index in [1.54, 1.807) is 6.07 Å². The topological polar surface area (TPSA) is 92.4 Å². The number of rotatable bonds is 5. The van der Waals surface area contributed by atoms with Crippen LogP contribution in [0, 0.1) is 0 Å². The third-order valence-electron chi connectivity index (χ3n) is 1.93. The average molecular weight is 388 g/mol. The Morgan fingerprint density at radius 3 is 2.53 bits per heavy atom. The van der Waals surface area contributed by atoms with Gasteiger partial charge in [-0.1, -0.05) is 15.9 Å². The van der Waals surface area contributed by atoms with Crippen molar-refractivity contribution in [3.63, 3.8) is 0 Å². The summed E-state index contributed by atoms with van der Waals surface area (Å²) in [7, 11) is -3.66. The van der Waals surface area contributed by atoms with Gasteiger partial charge in [-0.3, -0.25) is 0 Å². The Morgan fingerprint density at radius 1 is 1.35 bits per heavy atom. The van der Waals surface area contributed by atoms with Crippen molar-refractivity contribution in [1.82, 2.24) is 4.72 Å². The van der Waals surface area contributed by atoms with E-state index in [1.165, 1.54) is 6.07 Å². The molecule has 1 aromatic carbocycles. The Hall–Kier alpha value is -0.150. The Kier molecular flexibility index (Phi) is 5.39. The number of anilines is 1. The number of nitrogens with two attached hydrogens (primary N) is 1. The zero-order chi connectivity index (χ0) is 13.1. The molecule has 0 unspecified atom stereocenters. The minimum absolute atomic E-state index is 0.0126. The van der Waals surface area contributed by atoms with Crippen molar-refractivity contribution in [2.24, 2.45) is 0 Å². The molecule has 0 aliphatic heterocycles. The zero-order valence-electron chi connectivity index (χ0n) is 8.78. The van der Waals surface area contributed by atoms with Gasteiger partial charge in [0.05, 0.1) is 5.69 Å². The number of hydrogen-bond donors (Lipinski definition) is 3. The minimum Gasteiger partial charge on any atom is -0.398 e. The molecule has 8 heteroatoms. The average Bonchev–Trinajstić information content (AvgIpc) is 2.15. The van der Waals surface area contributed by atoms with Gasteiger partial charge in [0.1, 0.15) is 4.90 Å².